The van der Waals surface area contributed by atoms with Crippen molar-refractivity contribution in [3.05, 3.63) is 35.5 Å². The number of carbonyl (C=O) groups excluding carboxylic acids is 1. The highest BCUT2D eigenvalue weighted by atomic mass is 32.2. The number of rotatable bonds is 4. The van der Waals surface area contributed by atoms with Gasteiger partial charge < -0.3 is 4.74 Å². The lowest BCUT2D eigenvalue weighted by Gasteiger charge is -2.19. The molecule has 1 heterocycles. The van der Waals surface area contributed by atoms with Crippen LogP contribution in [0.3, 0.4) is 0 Å². The Morgan fingerprint density at radius 1 is 1.26 bits per heavy atom. The van der Waals surface area contributed by atoms with Crippen LogP contribution in [-0.4, -0.2) is 37.5 Å². The van der Waals surface area contributed by atoms with Gasteiger partial charge in [-0.25, -0.2) is 4.79 Å². The van der Waals surface area contributed by atoms with E-state index in [-0.39, 0.29) is 6.61 Å². The number of hydrogen-bond acceptors (Lipinski definition) is 5. The maximum absolute atomic E-state index is 12.4. The second kappa shape index (κ2) is 8.15. The molecule has 0 aliphatic rings. The summed E-state index contributed by atoms with van der Waals surface area (Å²) in [6, 6.07) is 5.64. The lowest BCUT2D eigenvalue weighted by Crippen LogP contribution is -2.26. The molecular formula is C20H25NO5S. The van der Waals surface area contributed by atoms with Crippen LogP contribution in [0, 0.1) is 18.8 Å². The summed E-state index contributed by atoms with van der Waals surface area (Å²) in [5.74, 6) is 6.07. The fraction of sp³-hybridized carbons (Fsp3) is 0.450. The summed E-state index contributed by atoms with van der Waals surface area (Å²) in [6.45, 7) is 7.56. The Morgan fingerprint density at radius 2 is 1.96 bits per heavy atom. The van der Waals surface area contributed by atoms with Gasteiger partial charge in [-0.2, -0.15) is 8.42 Å². The van der Waals surface area contributed by atoms with Crippen LogP contribution < -0.4 is 0 Å². The van der Waals surface area contributed by atoms with Crippen molar-refractivity contribution in [3.8, 4) is 11.8 Å². The molecule has 0 saturated heterocycles. The molecule has 0 unspecified atom stereocenters. The van der Waals surface area contributed by atoms with Gasteiger partial charge in [0.25, 0.3) is 10.1 Å². The lowest BCUT2D eigenvalue weighted by atomic mass is 10.1. The van der Waals surface area contributed by atoms with E-state index >= 15 is 0 Å². The number of unbranched alkanes of at least 4 members (excludes halogenated alkanes) is 1. The van der Waals surface area contributed by atoms with Crippen molar-refractivity contribution in [3.63, 3.8) is 0 Å². The van der Waals surface area contributed by atoms with E-state index in [9.17, 15) is 13.2 Å². The van der Waals surface area contributed by atoms with Crippen LogP contribution >= 0.6 is 0 Å². The molecule has 7 heteroatoms. The van der Waals surface area contributed by atoms with E-state index in [0.29, 0.717) is 12.8 Å². The highest BCUT2D eigenvalue weighted by Gasteiger charge is 2.20. The second-order valence-electron chi connectivity index (χ2n) is 7.33. The summed E-state index contributed by atoms with van der Waals surface area (Å²) in [4.78, 5) is 12.4. The Kier molecular flexibility index (Phi) is 6.34. The molecule has 1 aromatic carbocycles. The average molecular weight is 391 g/mol. The van der Waals surface area contributed by atoms with Gasteiger partial charge in [-0.1, -0.05) is 11.8 Å². The second-order valence-corrected chi connectivity index (χ2v) is 8.97. The monoisotopic (exact) mass is 391 g/mol. The van der Waals surface area contributed by atoms with E-state index in [4.69, 9.17) is 4.74 Å². The number of aryl methyl sites for hydroxylation is 1. The molecule has 1 aromatic heterocycles. The molecule has 146 valence electrons. The van der Waals surface area contributed by atoms with Crippen LogP contribution in [0.15, 0.2) is 24.4 Å². The van der Waals surface area contributed by atoms with Gasteiger partial charge in [-0.05, 0) is 57.9 Å². The number of aromatic nitrogens is 1. The minimum absolute atomic E-state index is 0.129. The smallest absolute Gasteiger partial charge is 0.418 e. The highest BCUT2D eigenvalue weighted by Crippen LogP contribution is 2.23. The molecule has 0 radical (unpaired) electrons. The van der Waals surface area contributed by atoms with Crippen LogP contribution in [0.5, 0.6) is 0 Å². The Morgan fingerprint density at radius 3 is 2.59 bits per heavy atom. The average Bonchev–Trinajstić information content (AvgIpc) is 2.85. The minimum Gasteiger partial charge on any atom is -0.443 e. The molecule has 0 fully saturated rings. The number of ether oxygens (including phenoxy) is 1. The first-order valence-electron chi connectivity index (χ1n) is 8.64. The van der Waals surface area contributed by atoms with Gasteiger partial charge in [-0.3, -0.25) is 8.75 Å². The normalized spacial score (nSPS) is 11.9. The summed E-state index contributed by atoms with van der Waals surface area (Å²) in [6.07, 6.45) is 3.45. The molecule has 27 heavy (non-hydrogen) atoms. The predicted molar refractivity (Wildman–Crippen MR) is 105 cm³/mol. The molecular weight excluding hydrogens is 366 g/mol. The van der Waals surface area contributed by atoms with Crippen molar-refractivity contribution in [2.75, 3.05) is 12.9 Å². The van der Waals surface area contributed by atoms with Crippen molar-refractivity contribution in [1.29, 1.82) is 0 Å². The fourth-order valence-corrected chi connectivity index (χ4v) is 2.89. The van der Waals surface area contributed by atoms with Gasteiger partial charge >= 0.3 is 6.09 Å². The molecule has 0 atom stereocenters. The summed E-state index contributed by atoms with van der Waals surface area (Å²) in [7, 11) is -3.40. The third kappa shape index (κ3) is 6.42. The zero-order valence-electron chi connectivity index (χ0n) is 16.3. The van der Waals surface area contributed by atoms with Crippen LogP contribution in [0.25, 0.3) is 10.9 Å². The molecule has 2 rings (SSSR count). The van der Waals surface area contributed by atoms with Gasteiger partial charge in [0.1, 0.15) is 5.60 Å². The van der Waals surface area contributed by atoms with Crippen LogP contribution in [0.1, 0.15) is 44.7 Å². The molecule has 0 aliphatic heterocycles. The molecule has 0 saturated carbocycles. The van der Waals surface area contributed by atoms with E-state index in [1.54, 1.807) is 6.20 Å². The van der Waals surface area contributed by atoms with Gasteiger partial charge in [0.05, 0.1) is 18.4 Å². The SMILES string of the molecule is Cc1cn(C(=O)OC(C)(C)C)c2ccc(C#CCCCOS(C)(=O)=O)cc12. The fourth-order valence-electron chi connectivity index (χ4n) is 2.47. The van der Waals surface area contributed by atoms with Gasteiger partial charge in [-0.15, -0.1) is 0 Å². The predicted octanol–water partition coefficient (Wildman–Crippen LogP) is 3.84. The molecule has 0 bridgehead atoms. The summed E-state index contributed by atoms with van der Waals surface area (Å²) < 4.78 is 33.4. The van der Waals surface area contributed by atoms with E-state index in [1.165, 1.54) is 4.57 Å². The third-order valence-electron chi connectivity index (χ3n) is 3.57. The Hall–Kier alpha value is -2.30. The summed E-state index contributed by atoms with van der Waals surface area (Å²) in [5.41, 5.74) is 2.00. The van der Waals surface area contributed by atoms with E-state index in [1.807, 2.05) is 45.9 Å². The number of hydrogen-bond donors (Lipinski definition) is 0. The van der Waals surface area contributed by atoms with Gasteiger partial charge in [0.2, 0.25) is 0 Å². The zero-order valence-corrected chi connectivity index (χ0v) is 17.1. The topological polar surface area (TPSA) is 74.6 Å². The maximum Gasteiger partial charge on any atom is 0.418 e. The van der Waals surface area contributed by atoms with Gasteiger partial charge in [0.15, 0.2) is 0 Å². The number of fused-ring (bicyclic) bond motifs is 1. The van der Waals surface area contributed by atoms with Crippen molar-refractivity contribution in [2.45, 2.75) is 46.1 Å². The first-order valence-corrected chi connectivity index (χ1v) is 10.5. The zero-order chi connectivity index (χ0) is 20.2. The standard InChI is InChI=1S/C20H25NO5S/c1-15-14-21(19(22)26-20(2,3)4)18-11-10-16(13-17(15)18)9-7-6-8-12-25-27(5,23)24/h10-11,13-14H,6,8,12H2,1-5H3. The molecule has 6 nitrogen and oxygen atoms in total. The van der Waals surface area contributed by atoms with Crippen LogP contribution in [-0.2, 0) is 19.0 Å². The first kappa shape index (κ1) is 21.0. The Balaban J connectivity index is 2.11. The van der Waals surface area contributed by atoms with E-state index < -0.39 is 21.8 Å². The molecule has 0 amide bonds. The van der Waals surface area contributed by atoms with Crippen molar-refractivity contribution < 1.29 is 22.1 Å². The van der Waals surface area contributed by atoms with Crippen molar-refractivity contribution in [2.24, 2.45) is 0 Å². The quantitative estimate of drug-likeness (QED) is 0.450. The Bertz CT molecular complexity index is 1000. The summed E-state index contributed by atoms with van der Waals surface area (Å²) in [5, 5.41) is 0.938. The summed E-state index contributed by atoms with van der Waals surface area (Å²) >= 11 is 0. The highest BCUT2D eigenvalue weighted by molar-refractivity contribution is 7.85. The van der Waals surface area contributed by atoms with Crippen LogP contribution in [0.2, 0.25) is 0 Å². The maximum atomic E-state index is 12.4. The Labute approximate surface area is 160 Å². The van der Waals surface area contributed by atoms with Crippen molar-refractivity contribution in [1.82, 2.24) is 4.57 Å². The van der Waals surface area contributed by atoms with E-state index in [0.717, 1.165) is 28.3 Å². The van der Waals surface area contributed by atoms with E-state index in [2.05, 4.69) is 16.0 Å². The largest absolute Gasteiger partial charge is 0.443 e. The lowest BCUT2D eigenvalue weighted by molar-refractivity contribution is 0.0544. The van der Waals surface area contributed by atoms with Crippen LogP contribution in [0.4, 0.5) is 4.79 Å². The number of benzene rings is 1. The number of nitrogens with zero attached hydrogens (tertiary/aromatic N) is 1. The van der Waals surface area contributed by atoms with Gasteiger partial charge in [0, 0.05) is 23.6 Å². The van der Waals surface area contributed by atoms with Crippen molar-refractivity contribution >= 4 is 27.1 Å². The molecule has 0 N–H and O–H groups in total. The molecule has 0 aliphatic carbocycles. The third-order valence-corrected chi connectivity index (χ3v) is 4.16. The molecule has 0 spiro atoms. The molecule has 2 aromatic rings. The first-order chi connectivity index (χ1) is 12.5. The minimum atomic E-state index is -3.40. The number of carbonyl (C=O) groups is 1.